The van der Waals surface area contributed by atoms with Crippen molar-refractivity contribution in [3.63, 3.8) is 0 Å². The Bertz CT molecular complexity index is 1120. The number of nitrogens with zero attached hydrogens (tertiary/aromatic N) is 3. The summed E-state index contributed by atoms with van der Waals surface area (Å²) < 4.78 is 0. The number of amides is 3. The summed E-state index contributed by atoms with van der Waals surface area (Å²) in [5.41, 5.74) is 2.62. The van der Waals surface area contributed by atoms with Gasteiger partial charge in [0.05, 0.1) is 23.4 Å². The van der Waals surface area contributed by atoms with Crippen molar-refractivity contribution in [2.45, 2.75) is 20.4 Å². The molecule has 0 spiro atoms. The van der Waals surface area contributed by atoms with Gasteiger partial charge in [-0.1, -0.05) is 13.8 Å². The summed E-state index contributed by atoms with van der Waals surface area (Å²) in [5.74, 6) is -0.805. The van der Waals surface area contributed by atoms with Crippen LogP contribution in [0.3, 0.4) is 0 Å². The SMILES string of the molecule is CC(C)CN1C(=O)c2ccc(C(=O)NCc3csc(-c4cccnc4)n3)cc2C1=O. The first-order chi connectivity index (χ1) is 14.4. The molecule has 1 aliphatic heterocycles. The van der Waals surface area contributed by atoms with Crippen molar-refractivity contribution >= 4 is 29.1 Å². The van der Waals surface area contributed by atoms with Gasteiger partial charge >= 0.3 is 0 Å². The lowest BCUT2D eigenvalue weighted by molar-refractivity contribution is 0.0636. The van der Waals surface area contributed by atoms with Gasteiger partial charge in [-0.15, -0.1) is 11.3 Å². The number of imide groups is 1. The van der Waals surface area contributed by atoms with Crippen LogP contribution in [0, 0.1) is 5.92 Å². The molecular formula is C22H20N4O3S. The van der Waals surface area contributed by atoms with Crippen LogP contribution in [-0.4, -0.2) is 39.1 Å². The van der Waals surface area contributed by atoms with Crippen LogP contribution in [0.15, 0.2) is 48.1 Å². The van der Waals surface area contributed by atoms with E-state index in [1.54, 1.807) is 24.5 Å². The average Bonchev–Trinajstić information content (AvgIpc) is 3.32. The summed E-state index contributed by atoms with van der Waals surface area (Å²) in [6.45, 7) is 4.51. The number of benzene rings is 1. The molecule has 0 radical (unpaired) electrons. The zero-order chi connectivity index (χ0) is 21.3. The Balaban J connectivity index is 1.45. The number of nitrogens with one attached hydrogen (secondary N) is 1. The first-order valence-electron chi connectivity index (χ1n) is 9.57. The minimum absolute atomic E-state index is 0.171. The molecule has 1 aliphatic rings. The molecule has 0 aliphatic carbocycles. The molecule has 7 nitrogen and oxygen atoms in total. The van der Waals surface area contributed by atoms with Crippen LogP contribution in [-0.2, 0) is 6.54 Å². The van der Waals surface area contributed by atoms with Crippen LogP contribution >= 0.6 is 11.3 Å². The third-order valence-electron chi connectivity index (χ3n) is 4.67. The monoisotopic (exact) mass is 420 g/mol. The fourth-order valence-electron chi connectivity index (χ4n) is 3.25. The van der Waals surface area contributed by atoms with Gasteiger partial charge in [-0.3, -0.25) is 24.3 Å². The van der Waals surface area contributed by atoms with Crippen molar-refractivity contribution in [1.29, 1.82) is 0 Å². The van der Waals surface area contributed by atoms with Gasteiger partial charge in [0.25, 0.3) is 17.7 Å². The summed E-state index contributed by atoms with van der Waals surface area (Å²) in [6, 6.07) is 8.39. The highest BCUT2D eigenvalue weighted by atomic mass is 32.1. The van der Waals surface area contributed by atoms with Crippen molar-refractivity contribution in [2.75, 3.05) is 6.54 Å². The first kappa shape index (κ1) is 19.9. The summed E-state index contributed by atoms with van der Waals surface area (Å²) in [4.78, 5) is 47.5. The second-order valence-electron chi connectivity index (χ2n) is 7.44. The predicted molar refractivity (Wildman–Crippen MR) is 113 cm³/mol. The molecule has 30 heavy (non-hydrogen) atoms. The van der Waals surface area contributed by atoms with Gasteiger partial charge in [0.15, 0.2) is 0 Å². The Kier molecular flexibility index (Phi) is 5.41. The lowest BCUT2D eigenvalue weighted by atomic mass is 10.1. The molecule has 3 amide bonds. The molecule has 3 heterocycles. The third-order valence-corrected chi connectivity index (χ3v) is 5.61. The predicted octanol–water partition coefficient (Wildman–Crippen LogP) is 3.39. The van der Waals surface area contributed by atoms with Gasteiger partial charge in [0.1, 0.15) is 5.01 Å². The lowest BCUT2D eigenvalue weighted by Gasteiger charge is -2.15. The van der Waals surface area contributed by atoms with E-state index in [-0.39, 0.29) is 35.7 Å². The molecule has 8 heteroatoms. The maximum atomic E-state index is 12.6. The smallest absolute Gasteiger partial charge is 0.261 e. The van der Waals surface area contributed by atoms with Crippen LogP contribution < -0.4 is 5.32 Å². The molecule has 1 aromatic carbocycles. The van der Waals surface area contributed by atoms with Crippen molar-refractivity contribution < 1.29 is 14.4 Å². The van der Waals surface area contributed by atoms with E-state index in [4.69, 9.17) is 0 Å². The van der Waals surface area contributed by atoms with E-state index in [0.717, 1.165) is 16.3 Å². The second-order valence-corrected chi connectivity index (χ2v) is 8.30. The summed E-state index contributed by atoms with van der Waals surface area (Å²) in [7, 11) is 0. The highest BCUT2D eigenvalue weighted by molar-refractivity contribution is 7.13. The minimum Gasteiger partial charge on any atom is -0.346 e. The van der Waals surface area contributed by atoms with Crippen molar-refractivity contribution in [2.24, 2.45) is 5.92 Å². The number of thiazole rings is 1. The maximum absolute atomic E-state index is 12.6. The van der Waals surface area contributed by atoms with Crippen molar-refractivity contribution in [3.8, 4) is 10.6 Å². The Hall–Kier alpha value is -3.39. The van der Waals surface area contributed by atoms with E-state index in [0.29, 0.717) is 17.7 Å². The molecule has 2 aromatic heterocycles. The highest BCUT2D eigenvalue weighted by Crippen LogP contribution is 2.25. The van der Waals surface area contributed by atoms with Gasteiger partial charge in [-0.05, 0) is 36.2 Å². The second kappa shape index (κ2) is 8.16. The average molecular weight is 420 g/mol. The minimum atomic E-state index is -0.348. The molecule has 0 unspecified atom stereocenters. The molecule has 0 fully saturated rings. The largest absolute Gasteiger partial charge is 0.346 e. The van der Waals surface area contributed by atoms with E-state index >= 15 is 0 Å². The zero-order valence-corrected chi connectivity index (χ0v) is 17.4. The molecule has 152 valence electrons. The third kappa shape index (κ3) is 3.86. The highest BCUT2D eigenvalue weighted by Gasteiger charge is 2.36. The summed E-state index contributed by atoms with van der Waals surface area (Å²) in [5, 5.41) is 5.54. The standard InChI is InChI=1S/C22H20N4O3S/c1-13(2)11-26-21(28)17-6-5-14(8-18(17)22(26)29)19(27)24-10-16-12-30-20(25-16)15-4-3-7-23-9-15/h3-9,12-13H,10-11H2,1-2H3,(H,24,27). The molecule has 0 saturated carbocycles. The van der Waals surface area contributed by atoms with Crippen LogP contribution in [0.25, 0.3) is 10.6 Å². The fraction of sp³-hybridized carbons (Fsp3) is 0.227. The van der Waals surface area contributed by atoms with Gasteiger partial charge in [0, 0.05) is 35.4 Å². The van der Waals surface area contributed by atoms with Gasteiger partial charge in [-0.2, -0.15) is 0 Å². The molecule has 3 aromatic rings. The van der Waals surface area contributed by atoms with Crippen LogP contribution in [0.4, 0.5) is 0 Å². The van der Waals surface area contributed by atoms with E-state index in [1.807, 2.05) is 31.4 Å². The number of carbonyl (C=O) groups is 3. The zero-order valence-electron chi connectivity index (χ0n) is 16.6. The fourth-order valence-corrected chi connectivity index (χ4v) is 4.06. The number of fused-ring (bicyclic) bond motifs is 1. The van der Waals surface area contributed by atoms with E-state index < -0.39 is 0 Å². The molecule has 0 bridgehead atoms. The van der Waals surface area contributed by atoms with Gasteiger partial charge < -0.3 is 5.32 Å². The maximum Gasteiger partial charge on any atom is 0.261 e. The number of hydrogen-bond donors (Lipinski definition) is 1. The number of carbonyl (C=O) groups excluding carboxylic acids is 3. The summed E-state index contributed by atoms with van der Waals surface area (Å²) in [6.07, 6.45) is 3.45. The Morgan fingerprint density at radius 2 is 1.97 bits per heavy atom. The summed E-state index contributed by atoms with van der Waals surface area (Å²) >= 11 is 1.48. The number of hydrogen-bond acceptors (Lipinski definition) is 6. The van der Waals surface area contributed by atoms with Gasteiger partial charge in [0.2, 0.25) is 0 Å². The number of aromatic nitrogens is 2. The quantitative estimate of drug-likeness (QED) is 0.617. The first-order valence-corrected chi connectivity index (χ1v) is 10.4. The van der Waals surface area contributed by atoms with Crippen molar-refractivity contribution in [1.82, 2.24) is 20.2 Å². The topological polar surface area (TPSA) is 92.3 Å². The Morgan fingerprint density at radius 1 is 1.17 bits per heavy atom. The Labute approximate surface area is 177 Å². The van der Waals surface area contributed by atoms with Crippen LogP contribution in [0.2, 0.25) is 0 Å². The molecule has 0 saturated heterocycles. The molecule has 1 N–H and O–H groups in total. The van der Waals surface area contributed by atoms with E-state index in [2.05, 4.69) is 15.3 Å². The molecule has 4 rings (SSSR count). The molecular weight excluding hydrogens is 400 g/mol. The van der Waals surface area contributed by atoms with Gasteiger partial charge in [-0.25, -0.2) is 4.98 Å². The lowest BCUT2D eigenvalue weighted by Crippen LogP contribution is -2.33. The number of rotatable bonds is 6. The normalized spacial score (nSPS) is 13.1. The van der Waals surface area contributed by atoms with E-state index in [9.17, 15) is 14.4 Å². The van der Waals surface area contributed by atoms with Crippen LogP contribution in [0.5, 0.6) is 0 Å². The number of pyridine rings is 1. The van der Waals surface area contributed by atoms with E-state index in [1.165, 1.54) is 22.3 Å². The Morgan fingerprint density at radius 3 is 2.70 bits per heavy atom. The van der Waals surface area contributed by atoms with Crippen LogP contribution in [0.1, 0.15) is 50.6 Å². The molecule has 0 atom stereocenters. The van der Waals surface area contributed by atoms with Crippen molar-refractivity contribution in [3.05, 3.63) is 70.5 Å².